The van der Waals surface area contributed by atoms with Gasteiger partial charge in [0.25, 0.3) is 0 Å². The van der Waals surface area contributed by atoms with E-state index in [1.807, 2.05) is 6.92 Å². The summed E-state index contributed by atoms with van der Waals surface area (Å²) in [5.41, 5.74) is 2.64. The van der Waals surface area contributed by atoms with Crippen molar-refractivity contribution in [3.05, 3.63) is 34.8 Å². The van der Waals surface area contributed by atoms with Gasteiger partial charge in [-0.3, -0.25) is 0 Å². The average molecular weight is 168 g/mol. The summed E-state index contributed by atoms with van der Waals surface area (Å²) >= 11 is 1.74. The van der Waals surface area contributed by atoms with Crippen molar-refractivity contribution in [3.63, 3.8) is 0 Å². The summed E-state index contributed by atoms with van der Waals surface area (Å²) < 4.78 is 0. The molecule has 0 atom stereocenters. The molecule has 1 heteroatoms. The van der Waals surface area contributed by atoms with Crippen molar-refractivity contribution in [2.24, 2.45) is 0 Å². The molecule has 0 N–H and O–H groups in total. The van der Waals surface area contributed by atoms with Crippen molar-refractivity contribution < 1.29 is 0 Å². The van der Waals surface area contributed by atoms with E-state index in [0.29, 0.717) is 0 Å². The van der Waals surface area contributed by atoms with E-state index < -0.39 is 0 Å². The normalized spacial score (nSPS) is 14.5. The lowest BCUT2D eigenvalue weighted by atomic mass is 10.1. The summed E-state index contributed by atoms with van der Waals surface area (Å²) in [5, 5.41) is 2.16. The molecule has 0 aromatic rings. The van der Waals surface area contributed by atoms with Gasteiger partial charge in [-0.15, -0.1) is 11.8 Å². The van der Waals surface area contributed by atoms with Crippen LogP contribution >= 0.6 is 11.8 Å². The maximum absolute atomic E-state index is 2.16. The third-order valence-electron chi connectivity index (χ3n) is 1.41. The van der Waals surface area contributed by atoms with Crippen molar-refractivity contribution in [2.45, 2.75) is 20.8 Å². The standard InChI is InChI=1S/C10H16S/c1-5-7-10(6-2)9(3)8-11-4/h5-8H,1-4H3/b7-5-,9-8+,10-6+. The first-order valence-corrected chi connectivity index (χ1v) is 5.04. The first-order chi connectivity index (χ1) is 5.26. The monoisotopic (exact) mass is 168 g/mol. The lowest BCUT2D eigenvalue weighted by Gasteiger charge is -1.99. The molecule has 0 aromatic heterocycles. The number of thioether (sulfide) groups is 1. The summed E-state index contributed by atoms with van der Waals surface area (Å²) in [4.78, 5) is 0. The highest BCUT2D eigenvalue weighted by Gasteiger charge is 1.91. The average Bonchev–Trinajstić information content (AvgIpc) is 2.00. The zero-order valence-corrected chi connectivity index (χ0v) is 8.53. The van der Waals surface area contributed by atoms with Crippen molar-refractivity contribution >= 4 is 11.8 Å². The van der Waals surface area contributed by atoms with Crippen molar-refractivity contribution in [3.8, 4) is 0 Å². The highest BCUT2D eigenvalue weighted by Crippen LogP contribution is 2.13. The fraction of sp³-hybridized carbons (Fsp3) is 0.400. The van der Waals surface area contributed by atoms with Gasteiger partial charge in [-0.25, -0.2) is 0 Å². The van der Waals surface area contributed by atoms with Crippen molar-refractivity contribution in [1.82, 2.24) is 0 Å². The van der Waals surface area contributed by atoms with Gasteiger partial charge in [0, 0.05) is 0 Å². The maximum Gasteiger partial charge on any atom is -0.0142 e. The van der Waals surface area contributed by atoms with Crippen LogP contribution in [0.15, 0.2) is 34.8 Å². The molecule has 0 aliphatic heterocycles. The second-order valence-corrected chi connectivity index (χ2v) is 2.99. The first kappa shape index (κ1) is 10.6. The lowest BCUT2D eigenvalue weighted by Crippen LogP contribution is -1.78. The molecule has 0 aliphatic rings. The summed E-state index contributed by atoms with van der Waals surface area (Å²) in [6.07, 6.45) is 8.39. The fourth-order valence-corrected chi connectivity index (χ4v) is 1.37. The molecular formula is C10H16S. The molecule has 0 radical (unpaired) electrons. The number of rotatable bonds is 3. The predicted octanol–water partition coefficient (Wildman–Crippen LogP) is 3.78. The Kier molecular flexibility index (Phi) is 6.05. The molecule has 0 unspecified atom stereocenters. The van der Waals surface area contributed by atoms with E-state index in [0.717, 1.165) is 0 Å². The van der Waals surface area contributed by atoms with E-state index >= 15 is 0 Å². The van der Waals surface area contributed by atoms with Gasteiger partial charge in [-0.05, 0) is 43.6 Å². The first-order valence-electron chi connectivity index (χ1n) is 3.75. The molecule has 0 aliphatic carbocycles. The molecular weight excluding hydrogens is 152 g/mol. The number of hydrogen-bond acceptors (Lipinski definition) is 1. The Morgan fingerprint density at radius 1 is 1.27 bits per heavy atom. The van der Waals surface area contributed by atoms with Crippen LogP contribution in [0.25, 0.3) is 0 Å². The summed E-state index contributed by atoms with van der Waals surface area (Å²) in [7, 11) is 0. The molecule has 0 saturated heterocycles. The SMILES string of the molecule is C\C=C/C(=C\C)C(/C)=C/SC. The zero-order valence-electron chi connectivity index (χ0n) is 7.72. The van der Waals surface area contributed by atoms with E-state index in [9.17, 15) is 0 Å². The van der Waals surface area contributed by atoms with Crippen LogP contribution in [0.3, 0.4) is 0 Å². The quantitative estimate of drug-likeness (QED) is 0.578. The maximum atomic E-state index is 2.16. The molecule has 0 amide bonds. The zero-order chi connectivity index (χ0) is 8.69. The Balaban J connectivity index is 4.40. The van der Waals surface area contributed by atoms with E-state index in [1.54, 1.807) is 11.8 Å². The van der Waals surface area contributed by atoms with Gasteiger partial charge in [0.05, 0.1) is 0 Å². The van der Waals surface area contributed by atoms with Crippen molar-refractivity contribution in [1.29, 1.82) is 0 Å². The lowest BCUT2D eigenvalue weighted by molar-refractivity contribution is 1.41. The second-order valence-electron chi connectivity index (χ2n) is 2.28. The van der Waals surface area contributed by atoms with Gasteiger partial charge < -0.3 is 0 Å². The Bertz CT molecular complexity index is 185. The number of allylic oxidation sites excluding steroid dienone is 5. The van der Waals surface area contributed by atoms with E-state index in [4.69, 9.17) is 0 Å². The number of hydrogen-bond donors (Lipinski definition) is 0. The van der Waals surface area contributed by atoms with Gasteiger partial charge in [-0.1, -0.05) is 18.2 Å². The van der Waals surface area contributed by atoms with Crippen LogP contribution in [0, 0.1) is 0 Å². The van der Waals surface area contributed by atoms with Crippen LogP contribution in [-0.4, -0.2) is 6.26 Å². The highest BCUT2D eigenvalue weighted by atomic mass is 32.2. The Labute approximate surface area is 74.1 Å². The molecule has 62 valence electrons. The van der Waals surface area contributed by atoms with Crippen LogP contribution in [0.5, 0.6) is 0 Å². The molecule has 0 saturated carbocycles. The van der Waals surface area contributed by atoms with E-state index in [-0.39, 0.29) is 0 Å². The summed E-state index contributed by atoms with van der Waals surface area (Å²) in [6, 6.07) is 0. The molecule has 0 rings (SSSR count). The van der Waals surface area contributed by atoms with Gasteiger partial charge in [0.15, 0.2) is 0 Å². The molecule has 0 fully saturated rings. The minimum atomic E-state index is 1.31. The van der Waals surface area contributed by atoms with Crippen LogP contribution in [0.1, 0.15) is 20.8 Å². The minimum absolute atomic E-state index is 1.31. The van der Waals surface area contributed by atoms with Gasteiger partial charge in [0.2, 0.25) is 0 Å². The highest BCUT2D eigenvalue weighted by molar-refractivity contribution is 8.01. The van der Waals surface area contributed by atoms with Gasteiger partial charge >= 0.3 is 0 Å². The molecule has 0 spiro atoms. The predicted molar refractivity (Wildman–Crippen MR) is 55.8 cm³/mol. The molecule has 0 bridgehead atoms. The molecule has 0 nitrogen and oxygen atoms in total. The van der Waals surface area contributed by atoms with Crippen LogP contribution in [0.2, 0.25) is 0 Å². The molecule has 0 heterocycles. The Morgan fingerprint density at radius 3 is 2.27 bits per heavy atom. The summed E-state index contributed by atoms with van der Waals surface area (Å²) in [6.45, 7) is 6.23. The fourth-order valence-electron chi connectivity index (χ4n) is 0.880. The largest absolute Gasteiger partial charge is 0.137 e. The third-order valence-corrected chi connectivity index (χ3v) is 2.00. The third kappa shape index (κ3) is 4.10. The Morgan fingerprint density at radius 2 is 1.91 bits per heavy atom. The Hall–Kier alpha value is -0.430. The van der Waals surface area contributed by atoms with Gasteiger partial charge in [-0.2, -0.15) is 0 Å². The van der Waals surface area contributed by atoms with E-state index in [1.165, 1.54) is 11.1 Å². The van der Waals surface area contributed by atoms with E-state index in [2.05, 4.69) is 43.7 Å². The smallest absolute Gasteiger partial charge is 0.0142 e. The van der Waals surface area contributed by atoms with Gasteiger partial charge in [0.1, 0.15) is 0 Å². The minimum Gasteiger partial charge on any atom is -0.137 e. The van der Waals surface area contributed by atoms with Crippen LogP contribution in [-0.2, 0) is 0 Å². The van der Waals surface area contributed by atoms with Crippen LogP contribution in [0.4, 0.5) is 0 Å². The second kappa shape index (κ2) is 6.29. The molecule has 0 aromatic carbocycles. The van der Waals surface area contributed by atoms with Crippen LogP contribution < -0.4 is 0 Å². The summed E-state index contributed by atoms with van der Waals surface area (Å²) in [5.74, 6) is 0. The topological polar surface area (TPSA) is 0 Å². The van der Waals surface area contributed by atoms with Crippen molar-refractivity contribution in [2.75, 3.05) is 6.26 Å². The molecule has 11 heavy (non-hydrogen) atoms.